The molecule has 1 aromatic rings. The quantitative estimate of drug-likeness (QED) is 0.567. The molecule has 0 radical (unpaired) electrons. The Balaban J connectivity index is 2.35. The highest BCUT2D eigenvalue weighted by Gasteiger charge is 2.14. The number of nitrogens with one attached hydrogen (secondary N) is 2. The van der Waals surface area contributed by atoms with Crippen LogP contribution in [0.4, 0.5) is 0 Å². The van der Waals surface area contributed by atoms with E-state index in [1.165, 1.54) is 5.56 Å². The van der Waals surface area contributed by atoms with E-state index in [4.69, 9.17) is 16.3 Å². The molecule has 0 bridgehead atoms. The van der Waals surface area contributed by atoms with Crippen LogP contribution >= 0.6 is 11.6 Å². The first-order chi connectivity index (χ1) is 10.4. The molecule has 5 nitrogen and oxygen atoms in total. The summed E-state index contributed by atoms with van der Waals surface area (Å²) < 4.78 is 5.59. The van der Waals surface area contributed by atoms with Crippen LogP contribution < -0.4 is 15.4 Å². The lowest BCUT2D eigenvalue weighted by molar-refractivity contribution is -0.127. The first-order valence-electron chi connectivity index (χ1n) is 7.31. The molecule has 1 rings (SSSR count). The third-order valence-electron chi connectivity index (χ3n) is 3.10. The molecule has 0 fully saturated rings. The van der Waals surface area contributed by atoms with Crippen molar-refractivity contribution >= 4 is 23.4 Å². The van der Waals surface area contributed by atoms with Crippen molar-refractivity contribution in [2.45, 2.75) is 32.8 Å². The molecule has 0 aliphatic heterocycles. The maximum Gasteiger partial charge on any atom is 0.260 e. The van der Waals surface area contributed by atoms with E-state index in [-0.39, 0.29) is 17.7 Å². The Morgan fingerprint density at radius 3 is 2.23 bits per heavy atom. The Labute approximate surface area is 136 Å². The van der Waals surface area contributed by atoms with Crippen molar-refractivity contribution in [1.29, 1.82) is 0 Å². The lowest BCUT2D eigenvalue weighted by atomic mass is 10.0. The van der Waals surface area contributed by atoms with Gasteiger partial charge in [-0.25, -0.2) is 0 Å². The van der Waals surface area contributed by atoms with Gasteiger partial charge >= 0.3 is 0 Å². The lowest BCUT2D eigenvalue weighted by Gasteiger charge is -2.15. The van der Waals surface area contributed by atoms with E-state index in [2.05, 4.69) is 24.5 Å². The van der Waals surface area contributed by atoms with Crippen molar-refractivity contribution in [2.24, 2.45) is 0 Å². The summed E-state index contributed by atoms with van der Waals surface area (Å²) >= 11 is 5.35. The molecular formula is C16H23ClN2O3. The Kier molecular flexibility index (Phi) is 7.74. The van der Waals surface area contributed by atoms with Crippen LogP contribution in [0.5, 0.6) is 5.75 Å². The Hall–Kier alpha value is -1.75. The molecule has 0 spiro atoms. The van der Waals surface area contributed by atoms with Gasteiger partial charge in [-0.2, -0.15) is 0 Å². The number of hydrogen-bond donors (Lipinski definition) is 2. The molecule has 1 aromatic carbocycles. The van der Waals surface area contributed by atoms with E-state index in [0.717, 1.165) is 0 Å². The van der Waals surface area contributed by atoms with Crippen LogP contribution in [0.15, 0.2) is 24.3 Å². The Bertz CT molecular complexity index is 489. The summed E-state index contributed by atoms with van der Waals surface area (Å²) in [5.41, 5.74) is 1.22. The summed E-state index contributed by atoms with van der Waals surface area (Å²) in [5, 5.41) is 5.26. The smallest absolute Gasteiger partial charge is 0.260 e. The van der Waals surface area contributed by atoms with Crippen LogP contribution in [0.25, 0.3) is 0 Å². The zero-order valence-electron chi connectivity index (χ0n) is 13.2. The molecule has 1 atom stereocenters. The molecule has 6 heteroatoms. The topological polar surface area (TPSA) is 67.4 Å². The van der Waals surface area contributed by atoms with Crippen LogP contribution in [0.3, 0.4) is 0 Å². The van der Waals surface area contributed by atoms with Crippen LogP contribution in [0.2, 0.25) is 0 Å². The first kappa shape index (κ1) is 18.3. The maximum atomic E-state index is 11.9. The number of carbonyl (C=O) groups is 2. The minimum Gasteiger partial charge on any atom is -0.481 e. The average molecular weight is 327 g/mol. The summed E-state index contributed by atoms with van der Waals surface area (Å²) in [6.07, 6.45) is -0.603. The zero-order valence-corrected chi connectivity index (χ0v) is 13.9. The largest absolute Gasteiger partial charge is 0.481 e. The van der Waals surface area contributed by atoms with Crippen molar-refractivity contribution in [3.8, 4) is 5.75 Å². The average Bonchev–Trinajstić information content (AvgIpc) is 2.51. The number of hydrogen-bond acceptors (Lipinski definition) is 3. The van der Waals surface area contributed by atoms with Gasteiger partial charge in [-0.15, -0.1) is 11.6 Å². The molecule has 2 N–H and O–H groups in total. The maximum absolute atomic E-state index is 11.9. The molecular weight excluding hydrogens is 304 g/mol. The number of amides is 2. The van der Waals surface area contributed by atoms with Crippen LogP contribution in [0, 0.1) is 0 Å². The predicted octanol–water partition coefficient (Wildman–Crippen LogP) is 2.05. The van der Waals surface area contributed by atoms with Gasteiger partial charge in [-0.3, -0.25) is 9.59 Å². The van der Waals surface area contributed by atoms with E-state index in [0.29, 0.717) is 24.8 Å². The minimum atomic E-state index is -0.603. The van der Waals surface area contributed by atoms with Gasteiger partial charge in [0, 0.05) is 13.1 Å². The fourth-order valence-corrected chi connectivity index (χ4v) is 1.86. The Morgan fingerprint density at radius 2 is 1.68 bits per heavy atom. The molecule has 0 aliphatic rings. The third-order valence-corrected chi connectivity index (χ3v) is 3.34. The highest BCUT2D eigenvalue weighted by atomic mass is 35.5. The van der Waals surface area contributed by atoms with Gasteiger partial charge in [0.15, 0.2) is 6.10 Å². The van der Waals surface area contributed by atoms with E-state index in [9.17, 15) is 9.59 Å². The van der Waals surface area contributed by atoms with E-state index >= 15 is 0 Å². The second-order valence-corrected chi connectivity index (χ2v) is 5.53. The van der Waals surface area contributed by atoms with Gasteiger partial charge in [0.2, 0.25) is 5.91 Å². The van der Waals surface area contributed by atoms with Crippen molar-refractivity contribution in [2.75, 3.05) is 19.0 Å². The Morgan fingerprint density at radius 1 is 1.09 bits per heavy atom. The van der Waals surface area contributed by atoms with Gasteiger partial charge in [0.05, 0.1) is 0 Å². The number of alkyl halides is 1. The standard InChI is InChI=1S/C16H23ClN2O3/c1-11(2)13-4-6-14(7-5-13)22-12(3)16(21)19-9-8-18-15(20)10-17/h4-7,11-12H,8-10H2,1-3H3,(H,18,20)(H,19,21). The summed E-state index contributed by atoms with van der Waals surface area (Å²) in [6.45, 7) is 6.60. The van der Waals surface area contributed by atoms with Crippen LogP contribution in [0.1, 0.15) is 32.3 Å². The first-order valence-corrected chi connectivity index (χ1v) is 7.84. The van der Waals surface area contributed by atoms with E-state index in [1.807, 2.05) is 24.3 Å². The molecule has 0 aliphatic carbocycles. The predicted molar refractivity (Wildman–Crippen MR) is 87.4 cm³/mol. The highest BCUT2D eigenvalue weighted by Crippen LogP contribution is 2.19. The van der Waals surface area contributed by atoms with Crippen LogP contribution in [-0.2, 0) is 9.59 Å². The minimum absolute atomic E-state index is 0.0835. The summed E-state index contributed by atoms with van der Waals surface area (Å²) in [5.74, 6) is 0.541. The van der Waals surface area contributed by atoms with Gasteiger partial charge in [0.1, 0.15) is 11.6 Å². The second kappa shape index (κ2) is 9.30. The third kappa shape index (κ3) is 6.35. The molecule has 22 heavy (non-hydrogen) atoms. The number of carbonyl (C=O) groups excluding carboxylic acids is 2. The molecule has 0 aromatic heterocycles. The van der Waals surface area contributed by atoms with Gasteiger partial charge < -0.3 is 15.4 Å². The van der Waals surface area contributed by atoms with Crippen molar-refractivity contribution in [3.63, 3.8) is 0 Å². The lowest BCUT2D eigenvalue weighted by Crippen LogP contribution is -2.40. The van der Waals surface area contributed by atoms with Crippen molar-refractivity contribution < 1.29 is 14.3 Å². The fraction of sp³-hybridized carbons (Fsp3) is 0.500. The fourth-order valence-electron chi connectivity index (χ4n) is 1.77. The SMILES string of the molecule is CC(Oc1ccc(C(C)C)cc1)C(=O)NCCNC(=O)CCl. The molecule has 0 saturated heterocycles. The van der Waals surface area contributed by atoms with Gasteiger partial charge in [0.25, 0.3) is 5.91 Å². The number of ether oxygens (including phenoxy) is 1. The summed E-state index contributed by atoms with van der Waals surface area (Å²) in [7, 11) is 0. The van der Waals surface area contributed by atoms with Crippen molar-refractivity contribution in [3.05, 3.63) is 29.8 Å². The molecule has 0 heterocycles. The molecule has 0 saturated carbocycles. The monoisotopic (exact) mass is 326 g/mol. The van der Waals surface area contributed by atoms with E-state index < -0.39 is 6.10 Å². The van der Waals surface area contributed by atoms with E-state index in [1.54, 1.807) is 6.92 Å². The second-order valence-electron chi connectivity index (χ2n) is 5.26. The molecule has 122 valence electrons. The normalized spacial score (nSPS) is 11.9. The van der Waals surface area contributed by atoms with Crippen LogP contribution in [-0.4, -0.2) is 36.9 Å². The molecule has 1 unspecified atom stereocenters. The van der Waals surface area contributed by atoms with Gasteiger partial charge in [-0.1, -0.05) is 26.0 Å². The highest BCUT2D eigenvalue weighted by molar-refractivity contribution is 6.27. The van der Waals surface area contributed by atoms with Gasteiger partial charge in [-0.05, 0) is 30.5 Å². The molecule has 2 amide bonds. The zero-order chi connectivity index (χ0) is 16.5. The number of benzene rings is 1. The summed E-state index contributed by atoms with van der Waals surface area (Å²) in [6, 6.07) is 7.71. The summed E-state index contributed by atoms with van der Waals surface area (Å²) in [4.78, 5) is 22.8. The van der Waals surface area contributed by atoms with Crippen molar-refractivity contribution in [1.82, 2.24) is 10.6 Å². The number of halogens is 1. The number of rotatable bonds is 8.